The highest BCUT2D eigenvalue weighted by atomic mass is 19.4. The molecule has 0 bridgehead atoms. The van der Waals surface area contributed by atoms with Gasteiger partial charge in [-0.2, -0.15) is 18.4 Å². The largest absolute Gasteiger partial charge is 0.471 e. The molecule has 1 fully saturated rings. The fourth-order valence-electron chi connectivity index (χ4n) is 4.02. The van der Waals surface area contributed by atoms with Gasteiger partial charge in [-0.05, 0) is 23.3 Å². The Bertz CT molecular complexity index is 1210. The Kier molecular flexibility index (Phi) is 7.23. The van der Waals surface area contributed by atoms with Crippen LogP contribution in [0.1, 0.15) is 25.5 Å². The van der Waals surface area contributed by atoms with Gasteiger partial charge in [0.25, 0.3) is 0 Å². The molecule has 186 valence electrons. The summed E-state index contributed by atoms with van der Waals surface area (Å²) in [6, 6.07) is 1.46. The van der Waals surface area contributed by atoms with Crippen LogP contribution >= 0.6 is 0 Å². The summed E-state index contributed by atoms with van der Waals surface area (Å²) >= 11 is 0. The Labute approximate surface area is 196 Å². The molecule has 1 aliphatic rings. The Hall–Kier alpha value is -3.82. The predicted molar refractivity (Wildman–Crippen MR) is 111 cm³/mol. The van der Waals surface area contributed by atoms with Crippen LogP contribution in [-0.4, -0.2) is 52.9 Å². The third-order valence-corrected chi connectivity index (χ3v) is 6.05. The maximum Gasteiger partial charge on any atom is 0.471 e. The number of nitriles is 1. The number of alkyl halides is 3. The molecular formula is C22H20F5N5O3. The number of amides is 3. The summed E-state index contributed by atoms with van der Waals surface area (Å²) in [7, 11) is 0. The molecular weight excluding hydrogens is 477 g/mol. The van der Waals surface area contributed by atoms with Crippen LogP contribution in [-0.2, 0) is 14.4 Å². The van der Waals surface area contributed by atoms with Gasteiger partial charge in [-0.25, -0.2) is 8.78 Å². The first kappa shape index (κ1) is 25.8. The lowest BCUT2D eigenvalue weighted by molar-refractivity contribution is -0.174. The molecule has 2 heterocycles. The zero-order valence-electron chi connectivity index (χ0n) is 18.5. The normalized spacial score (nSPS) is 20.9. The fraction of sp³-hybridized carbons (Fsp3) is 0.409. The summed E-state index contributed by atoms with van der Waals surface area (Å²) in [5.74, 6) is -6.91. The first-order chi connectivity index (χ1) is 16.4. The molecule has 3 amide bonds. The lowest BCUT2D eigenvalue weighted by Gasteiger charge is -2.27. The van der Waals surface area contributed by atoms with Crippen molar-refractivity contribution >= 4 is 28.5 Å². The average molecular weight is 497 g/mol. The van der Waals surface area contributed by atoms with Gasteiger partial charge in [0.15, 0.2) is 11.6 Å². The van der Waals surface area contributed by atoms with Crippen LogP contribution in [0.5, 0.6) is 0 Å². The molecule has 0 aliphatic carbocycles. The molecule has 1 aromatic heterocycles. The SMILES string of the molecule is CC1CN(C(=O)CNC(=O)C(F)(F)F)C(C(=O)NC(C#N)c2cncc3c(F)c(F)ccc23)C1C. The number of carbonyl (C=O) groups excluding carboxylic acids is 3. The minimum absolute atomic E-state index is 0.0392. The lowest BCUT2D eigenvalue weighted by Crippen LogP contribution is -2.52. The second-order valence-electron chi connectivity index (χ2n) is 8.26. The molecule has 0 saturated carbocycles. The molecule has 0 spiro atoms. The molecule has 1 aromatic carbocycles. The fourth-order valence-corrected chi connectivity index (χ4v) is 4.02. The van der Waals surface area contributed by atoms with Crippen molar-refractivity contribution in [2.75, 3.05) is 13.1 Å². The molecule has 13 heteroatoms. The van der Waals surface area contributed by atoms with Crippen molar-refractivity contribution in [3.8, 4) is 6.07 Å². The third-order valence-electron chi connectivity index (χ3n) is 6.05. The number of benzene rings is 1. The smallest absolute Gasteiger partial charge is 0.339 e. The average Bonchev–Trinajstić information content (AvgIpc) is 3.11. The van der Waals surface area contributed by atoms with E-state index in [0.29, 0.717) is 0 Å². The third kappa shape index (κ3) is 5.16. The van der Waals surface area contributed by atoms with Crippen molar-refractivity contribution < 1.29 is 36.3 Å². The number of fused-ring (bicyclic) bond motifs is 1. The quantitative estimate of drug-likeness (QED) is 0.616. The van der Waals surface area contributed by atoms with Gasteiger partial charge >= 0.3 is 12.1 Å². The van der Waals surface area contributed by atoms with E-state index in [-0.39, 0.29) is 28.8 Å². The molecule has 35 heavy (non-hydrogen) atoms. The number of likely N-dealkylation sites (tertiary alicyclic amines) is 1. The Balaban J connectivity index is 1.83. The molecule has 2 aromatic rings. The van der Waals surface area contributed by atoms with Crippen LogP contribution in [0.2, 0.25) is 0 Å². The standard InChI is InChI=1S/C22H20F5N5O3/c1-10-9-32(17(33)8-30-21(35)22(25,26)27)19(11(10)2)20(34)31-16(5-28)13-6-29-7-14-12(13)3-4-15(23)18(14)24/h3-4,6-7,10-11,16,19H,8-9H2,1-2H3,(H,30,35)(H,31,34). The van der Waals surface area contributed by atoms with Crippen LogP contribution in [0.25, 0.3) is 10.8 Å². The summed E-state index contributed by atoms with van der Waals surface area (Å²) < 4.78 is 65.0. The van der Waals surface area contributed by atoms with Crippen molar-refractivity contribution in [3.63, 3.8) is 0 Å². The number of halogens is 5. The number of aromatic nitrogens is 1. The van der Waals surface area contributed by atoms with Crippen LogP contribution in [0.15, 0.2) is 24.5 Å². The first-order valence-corrected chi connectivity index (χ1v) is 10.4. The van der Waals surface area contributed by atoms with Crippen molar-refractivity contribution in [1.29, 1.82) is 5.26 Å². The second-order valence-corrected chi connectivity index (χ2v) is 8.26. The molecule has 4 atom stereocenters. The van der Waals surface area contributed by atoms with E-state index in [4.69, 9.17) is 0 Å². The second kappa shape index (κ2) is 9.81. The van der Waals surface area contributed by atoms with Gasteiger partial charge in [0, 0.05) is 29.9 Å². The van der Waals surface area contributed by atoms with Crippen molar-refractivity contribution in [2.45, 2.75) is 32.1 Å². The van der Waals surface area contributed by atoms with Crippen LogP contribution in [0, 0.1) is 34.8 Å². The topological polar surface area (TPSA) is 115 Å². The predicted octanol–water partition coefficient (Wildman–Crippen LogP) is 2.36. The van der Waals surface area contributed by atoms with Crippen LogP contribution < -0.4 is 10.6 Å². The number of hydrogen-bond donors (Lipinski definition) is 2. The number of rotatable bonds is 5. The van der Waals surface area contributed by atoms with E-state index in [9.17, 15) is 41.6 Å². The summed E-state index contributed by atoms with van der Waals surface area (Å²) in [6.07, 6.45) is -2.88. The van der Waals surface area contributed by atoms with Crippen molar-refractivity contribution in [3.05, 3.63) is 41.7 Å². The van der Waals surface area contributed by atoms with Crippen molar-refractivity contribution in [1.82, 2.24) is 20.5 Å². The highest BCUT2D eigenvalue weighted by Crippen LogP contribution is 2.31. The Morgan fingerprint density at radius 2 is 1.89 bits per heavy atom. The zero-order chi connectivity index (χ0) is 26.1. The molecule has 8 nitrogen and oxygen atoms in total. The van der Waals surface area contributed by atoms with E-state index in [1.54, 1.807) is 13.8 Å². The molecule has 3 rings (SSSR count). The summed E-state index contributed by atoms with van der Waals surface area (Å²) in [5.41, 5.74) is 0.0891. The maximum atomic E-state index is 14.2. The van der Waals surface area contributed by atoms with Gasteiger partial charge in [0.1, 0.15) is 12.1 Å². The number of nitrogens with zero attached hydrogens (tertiary/aromatic N) is 3. The first-order valence-electron chi connectivity index (χ1n) is 10.4. The van der Waals surface area contributed by atoms with Crippen molar-refractivity contribution in [2.24, 2.45) is 11.8 Å². The number of nitrogens with one attached hydrogen (secondary N) is 2. The molecule has 0 radical (unpaired) electrons. The summed E-state index contributed by atoms with van der Waals surface area (Å²) in [5, 5.41) is 13.6. The summed E-state index contributed by atoms with van der Waals surface area (Å²) in [6.45, 7) is 2.47. The highest BCUT2D eigenvalue weighted by molar-refractivity contribution is 5.93. The van der Waals surface area contributed by atoms with Gasteiger partial charge in [0.05, 0.1) is 12.6 Å². The molecule has 2 N–H and O–H groups in total. The minimum Gasteiger partial charge on any atom is -0.339 e. The minimum atomic E-state index is -5.17. The maximum absolute atomic E-state index is 14.2. The van der Waals surface area contributed by atoms with E-state index in [2.05, 4.69) is 10.3 Å². The number of pyridine rings is 1. The van der Waals surface area contributed by atoms with E-state index in [1.165, 1.54) is 17.6 Å². The monoisotopic (exact) mass is 497 g/mol. The molecule has 1 saturated heterocycles. The van der Waals surface area contributed by atoms with E-state index >= 15 is 0 Å². The Morgan fingerprint density at radius 1 is 1.20 bits per heavy atom. The van der Waals surface area contributed by atoms with Gasteiger partial charge < -0.3 is 15.5 Å². The van der Waals surface area contributed by atoms with Crippen LogP contribution in [0.4, 0.5) is 22.0 Å². The molecule has 4 unspecified atom stereocenters. The van der Waals surface area contributed by atoms with Gasteiger partial charge in [0.2, 0.25) is 11.8 Å². The van der Waals surface area contributed by atoms with E-state index in [0.717, 1.165) is 17.2 Å². The number of hydrogen-bond acceptors (Lipinski definition) is 5. The van der Waals surface area contributed by atoms with E-state index in [1.807, 2.05) is 6.07 Å². The lowest BCUT2D eigenvalue weighted by atomic mass is 9.93. The zero-order valence-corrected chi connectivity index (χ0v) is 18.5. The number of carbonyl (C=O) groups is 3. The van der Waals surface area contributed by atoms with Crippen LogP contribution in [0.3, 0.4) is 0 Å². The van der Waals surface area contributed by atoms with Gasteiger partial charge in [-0.1, -0.05) is 19.9 Å². The molecule has 1 aliphatic heterocycles. The van der Waals surface area contributed by atoms with E-state index < -0.39 is 60.1 Å². The summed E-state index contributed by atoms with van der Waals surface area (Å²) in [4.78, 5) is 41.6. The highest BCUT2D eigenvalue weighted by Gasteiger charge is 2.45. The van der Waals surface area contributed by atoms with Gasteiger partial charge in [-0.3, -0.25) is 19.4 Å². The van der Waals surface area contributed by atoms with Gasteiger partial charge in [-0.15, -0.1) is 0 Å². The Morgan fingerprint density at radius 3 is 2.51 bits per heavy atom.